The van der Waals surface area contributed by atoms with E-state index in [-0.39, 0.29) is 0 Å². The fraction of sp³-hybridized carbons (Fsp3) is 1.00. The Hall–Kier alpha value is 0. The van der Waals surface area contributed by atoms with Crippen LogP contribution in [0.5, 0.6) is 0 Å². The highest BCUT2D eigenvalue weighted by atomic mass is 14.5. The molecule has 0 saturated heterocycles. The topological polar surface area (TPSA) is 0 Å². The molecule has 1 saturated carbocycles. The molecule has 1 fully saturated rings. The Morgan fingerprint density at radius 2 is 1.92 bits per heavy atom. The molecule has 1 aliphatic rings. The summed E-state index contributed by atoms with van der Waals surface area (Å²) in [6, 6.07) is 0. The van der Waals surface area contributed by atoms with Crippen LogP contribution in [0.3, 0.4) is 0 Å². The summed E-state index contributed by atoms with van der Waals surface area (Å²) < 4.78 is 0. The summed E-state index contributed by atoms with van der Waals surface area (Å²) >= 11 is 0. The van der Waals surface area contributed by atoms with Gasteiger partial charge in [-0.3, -0.25) is 0 Å². The Bertz CT molecular complexity index is 141. The van der Waals surface area contributed by atoms with E-state index < -0.39 is 0 Å². The fourth-order valence-corrected chi connectivity index (χ4v) is 2.23. The van der Waals surface area contributed by atoms with Gasteiger partial charge in [-0.1, -0.05) is 47.5 Å². The highest BCUT2D eigenvalue weighted by Crippen LogP contribution is 2.52. The van der Waals surface area contributed by atoms with Crippen molar-refractivity contribution in [3.8, 4) is 0 Å². The molecule has 3 unspecified atom stereocenters. The van der Waals surface area contributed by atoms with Crippen LogP contribution in [0.1, 0.15) is 53.9 Å². The molecule has 1 rings (SSSR count). The zero-order valence-corrected chi connectivity index (χ0v) is 9.35. The first-order chi connectivity index (χ1) is 5.46. The number of hydrogen-bond acceptors (Lipinski definition) is 0. The SMILES string of the molecule is CCCC1CC1C(C)C(C)(C)C. The van der Waals surface area contributed by atoms with E-state index in [2.05, 4.69) is 34.6 Å². The first kappa shape index (κ1) is 10.1. The average Bonchev–Trinajstić information content (AvgIpc) is 2.65. The third kappa shape index (κ3) is 2.24. The van der Waals surface area contributed by atoms with Crippen LogP contribution in [-0.2, 0) is 0 Å². The Balaban J connectivity index is 2.33. The lowest BCUT2D eigenvalue weighted by molar-refractivity contribution is 0.222. The van der Waals surface area contributed by atoms with Crippen molar-refractivity contribution in [1.82, 2.24) is 0 Å². The minimum absolute atomic E-state index is 0.521. The molecule has 0 aromatic heterocycles. The molecule has 0 nitrogen and oxygen atoms in total. The van der Waals surface area contributed by atoms with Crippen LogP contribution in [0.15, 0.2) is 0 Å². The summed E-state index contributed by atoms with van der Waals surface area (Å²) in [4.78, 5) is 0. The van der Waals surface area contributed by atoms with Crippen LogP contribution >= 0.6 is 0 Å². The lowest BCUT2D eigenvalue weighted by Crippen LogP contribution is -2.19. The van der Waals surface area contributed by atoms with E-state index in [1.54, 1.807) is 0 Å². The summed E-state index contributed by atoms with van der Waals surface area (Å²) in [5, 5.41) is 0. The summed E-state index contributed by atoms with van der Waals surface area (Å²) in [6.45, 7) is 11.9. The van der Waals surface area contributed by atoms with Gasteiger partial charge in [0.05, 0.1) is 0 Å². The Labute approximate surface area is 77.7 Å². The molecule has 0 aliphatic heterocycles. The largest absolute Gasteiger partial charge is 0.0654 e. The van der Waals surface area contributed by atoms with Gasteiger partial charge >= 0.3 is 0 Å². The van der Waals surface area contributed by atoms with Crippen molar-refractivity contribution >= 4 is 0 Å². The van der Waals surface area contributed by atoms with Gasteiger partial charge in [0, 0.05) is 0 Å². The lowest BCUT2D eigenvalue weighted by atomic mass is 9.78. The molecular weight excluding hydrogens is 144 g/mol. The van der Waals surface area contributed by atoms with E-state index in [0.717, 1.165) is 17.8 Å². The Kier molecular flexibility index (Phi) is 2.85. The van der Waals surface area contributed by atoms with Gasteiger partial charge in [-0.15, -0.1) is 0 Å². The number of hydrogen-bond donors (Lipinski definition) is 0. The van der Waals surface area contributed by atoms with Crippen molar-refractivity contribution in [3.05, 3.63) is 0 Å². The van der Waals surface area contributed by atoms with Crippen LogP contribution in [0.2, 0.25) is 0 Å². The molecule has 3 atom stereocenters. The van der Waals surface area contributed by atoms with Crippen LogP contribution in [0.25, 0.3) is 0 Å². The van der Waals surface area contributed by atoms with Gasteiger partial charge in [0.25, 0.3) is 0 Å². The molecule has 0 spiro atoms. The van der Waals surface area contributed by atoms with Crippen LogP contribution in [0, 0.1) is 23.2 Å². The predicted molar refractivity (Wildman–Crippen MR) is 55.1 cm³/mol. The molecule has 0 heteroatoms. The second kappa shape index (κ2) is 3.40. The van der Waals surface area contributed by atoms with Gasteiger partial charge in [-0.25, -0.2) is 0 Å². The molecular formula is C12H24. The van der Waals surface area contributed by atoms with Crippen molar-refractivity contribution in [1.29, 1.82) is 0 Å². The maximum absolute atomic E-state index is 2.43. The van der Waals surface area contributed by atoms with Crippen molar-refractivity contribution < 1.29 is 0 Å². The first-order valence-corrected chi connectivity index (χ1v) is 5.46. The smallest absolute Gasteiger partial charge is 0.0352 e. The molecule has 1 aliphatic carbocycles. The molecule has 0 N–H and O–H groups in total. The van der Waals surface area contributed by atoms with Gasteiger partial charge < -0.3 is 0 Å². The predicted octanol–water partition coefficient (Wildman–Crippen LogP) is 4.10. The maximum Gasteiger partial charge on any atom is -0.0352 e. The Morgan fingerprint density at radius 1 is 1.33 bits per heavy atom. The van der Waals surface area contributed by atoms with E-state index in [9.17, 15) is 0 Å². The second-order valence-corrected chi connectivity index (χ2v) is 5.60. The van der Waals surface area contributed by atoms with Gasteiger partial charge in [0.15, 0.2) is 0 Å². The quantitative estimate of drug-likeness (QED) is 0.595. The average molecular weight is 168 g/mol. The second-order valence-electron chi connectivity index (χ2n) is 5.60. The fourth-order valence-electron chi connectivity index (χ4n) is 2.23. The van der Waals surface area contributed by atoms with Gasteiger partial charge in [0.2, 0.25) is 0 Å². The molecule has 0 aromatic carbocycles. The number of rotatable bonds is 3. The molecule has 12 heavy (non-hydrogen) atoms. The summed E-state index contributed by atoms with van der Waals surface area (Å²) in [5.41, 5.74) is 0.521. The van der Waals surface area contributed by atoms with Gasteiger partial charge in [-0.05, 0) is 29.6 Å². The van der Waals surface area contributed by atoms with E-state index >= 15 is 0 Å². The van der Waals surface area contributed by atoms with Gasteiger partial charge in [-0.2, -0.15) is 0 Å². The molecule has 0 aromatic rings. The maximum atomic E-state index is 2.43. The Morgan fingerprint density at radius 3 is 2.33 bits per heavy atom. The van der Waals surface area contributed by atoms with Gasteiger partial charge in [0.1, 0.15) is 0 Å². The van der Waals surface area contributed by atoms with E-state index in [1.165, 1.54) is 19.3 Å². The van der Waals surface area contributed by atoms with Crippen molar-refractivity contribution in [2.75, 3.05) is 0 Å². The zero-order valence-electron chi connectivity index (χ0n) is 9.35. The summed E-state index contributed by atoms with van der Waals surface area (Å²) in [5.74, 6) is 3.03. The third-order valence-electron chi connectivity index (χ3n) is 3.65. The van der Waals surface area contributed by atoms with Crippen LogP contribution in [-0.4, -0.2) is 0 Å². The standard InChI is InChI=1S/C12H24/c1-6-7-10-8-11(10)9(2)12(3,4)5/h9-11H,6-8H2,1-5H3. The minimum atomic E-state index is 0.521. The highest BCUT2D eigenvalue weighted by Gasteiger charge is 2.43. The molecule has 72 valence electrons. The molecule has 0 radical (unpaired) electrons. The third-order valence-corrected chi connectivity index (χ3v) is 3.65. The normalized spacial score (nSPS) is 31.8. The van der Waals surface area contributed by atoms with Crippen LogP contribution < -0.4 is 0 Å². The molecule has 0 heterocycles. The van der Waals surface area contributed by atoms with Crippen LogP contribution in [0.4, 0.5) is 0 Å². The van der Waals surface area contributed by atoms with Crippen molar-refractivity contribution in [2.45, 2.75) is 53.9 Å². The lowest BCUT2D eigenvalue weighted by Gasteiger charge is -2.27. The van der Waals surface area contributed by atoms with E-state index in [1.807, 2.05) is 0 Å². The minimum Gasteiger partial charge on any atom is -0.0654 e. The summed E-state index contributed by atoms with van der Waals surface area (Å²) in [6.07, 6.45) is 4.34. The summed E-state index contributed by atoms with van der Waals surface area (Å²) in [7, 11) is 0. The highest BCUT2D eigenvalue weighted by molar-refractivity contribution is 4.93. The van der Waals surface area contributed by atoms with E-state index in [4.69, 9.17) is 0 Å². The first-order valence-electron chi connectivity index (χ1n) is 5.46. The monoisotopic (exact) mass is 168 g/mol. The molecule has 0 amide bonds. The molecule has 0 bridgehead atoms. The van der Waals surface area contributed by atoms with E-state index in [0.29, 0.717) is 5.41 Å². The van der Waals surface area contributed by atoms with Crippen molar-refractivity contribution in [3.63, 3.8) is 0 Å². The van der Waals surface area contributed by atoms with Crippen molar-refractivity contribution in [2.24, 2.45) is 23.2 Å². The zero-order chi connectivity index (χ0) is 9.35.